The summed E-state index contributed by atoms with van der Waals surface area (Å²) in [5.41, 5.74) is 0.680. The molecule has 114 valence electrons. The van der Waals surface area contributed by atoms with Crippen LogP contribution in [0.1, 0.15) is 32.5 Å². The summed E-state index contributed by atoms with van der Waals surface area (Å²) in [4.78, 5) is 19.4. The van der Waals surface area contributed by atoms with E-state index < -0.39 is 0 Å². The van der Waals surface area contributed by atoms with Gasteiger partial charge in [0.2, 0.25) is 0 Å². The molecule has 0 unspecified atom stereocenters. The Bertz CT molecular complexity index is 641. The minimum absolute atomic E-state index is 0.0699. The van der Waals surface area contributed by atoms with Gasteiger partial charge in [-0.15, -0.1) is 0 Å². The standard InChI is InChI=1S/C16H23N3OS/c1-4-16(5-2,21-3)11-17-10-14-18-13-9-7-6-8-12(13)15(20)19-14/h6-9,17H,4-5,10-11H2,1-3H3,(H,18,19,20). The van der Waals surface area contributed by atoms with Gasteiger partial charge in [-0.2, -0.15) is 11.8 Å². The molecule has 0 amide bonds. The summed E-state index contributed by atoms with van der Waals surface area (Å²) >= 11 is 1.90. The maximum absolute atomic E-state index is 12.0. The molecule has 2 rings (SSSR count). The highest BCUT2D eigenvalue weighted by Gasteiger charge is 2.24. The molecule has 0 fully saturated rings. The van der Waals surface area contributed by atoms with E-state index in [4.69, 9.17) is 0 Å². The summed E-state index contributed by atoms with van der Waals surface area (Å²) in [5.74, 6) is 0.695. The maximum atomic E-state index is 12.0. The third-order valence-electron chi connectivity index (χ3n) is 4.12. The number of para-hydroxylation sites is 1. The number of rotatable bonds is 7. The van der Waals surface area contributed by atoms with Gasteiger partial charge in [0.15, 0.2) is 0 Å². The fraction of sp³-hybridized carbons (Fsp3) is 0.500. The fourth-order valence-corrected chi connectivity index (χ4v) is 3.31. The van der Waals surface area contributed by atoms with Crippen LogP contribution in [-0.4, -0.2) is 27.5 Å². The Balaban J connectivity index is 2.09. The highest BCUT2D eigenvalue weighted by Crippen LogP contribution is 2.29. The Morgan fingerprint density at radius 2 is 2.00 bits per heavy atom. The highest BCUT2D eigenvalue weighted by atomic mass is 32.2. The predicted molar refractivity (Wildman–Crippen MR) is 90.9 cm³/mol. The van der Waals surface area contributed by atoms with Crippen molar-refractivity contribution in [1.82, 2.24) is 15.3 Å². The molecule has 0 bridgehead atoms. The van der Waals surface area contributed by atoms with Crippen LogP contribution in [-0.2, 0) is 6.54 Å². The van der Waals surface area contributed by atoms with Crippen molar-refractivity contribution in [3.63, 3.8) is 0 Å². The van der Waals surface area contributed by atoms with Crippen molar-refractivity contribution in [2.45, 2.75) is 38.0 Å². The second kappa shape index (κ2) is 7.09. The summed E-state index contributed by atoms with van der Waals surface area (Å²) in [6.45, 7) is 5.94. The molecule has 1 heterocycles. The fourth-order valence-electron chi connectivity index (χ4n) is 2.49. The molecule has 2 aromatic rings. The van der Waals surface area contributed by atoms with Gasteiger partial charge in [-0.25, -0.2) is 4.98 Å². The van der Waals surface area contributed by atoms with Crippen molar-refractivity contribution in [2.75, 3.05) is 12.8 Å². The van der Waals surface area contributed by atoms with Crippen LogP contribution in [0.25, 0.3) is 10.9 Å². The second-order valence-corrected chi connectivity index (χ2v) is 6.50. The van der Waals surface area contributed by atoms with Crippen molar-refractivity contribution in [1.29, 1.82) is 0 Å². The first-order valence-corrected chi connectivity index (χ1v) is 8.60. The minimum atomic E-state index is -0.0699. The van der Waals surface area contributed by atoms with Crippen LogP contribution in [0.3, 0.4) is 0 Å². The first-order chi connectivity index (χ1) is 10.1. The van der Waals surface area contributed by atoms with Gasteiger partial charge in [0.25, 0.3) is 5.56 Å². The third-order valence-corrected chi connectivity index (χ3v) is 5.71. The van der Waals surface area contributed by atoms with Gasteiger partial charge in [-0.3, -0.25) is 4.79 Å². The molecule has 1 aromatic heterocycles. The first kappa shape index (κ1) is 16.0. The molecule has 0 aliphatic rings. The molecule has 0 saturated heterocycles. The zero-order valence-electron chi connectivity index (χ0n) is 12.9. The second-order valence-electron chi connectivity index (χ2n) is 5.23. The van der Waals surface area contributed by atoms with E-state index in [1.807, 2.05) is 30.0 Å². The molecule has 1 aromatic carbocycles. The summed E-state index contributed by atoms with van der Waals surface area (Å²) in [6.07, 6.45) is 4.41. The largest absolute Gasteiger partial charge is 0.309 e. The zero-order valence-corrected chi connectivity index (χ0v) is 13.7. The van der Waals surface area contributed by atoms with E-state index >= 15 is 0 Å². The van der Waals surface area contributed by atoms with Crippen LogP contribution >= 0.6 is 11.8 Å². The molecule has 0 aliphatic carbocycles. The smallest absolute Gasteiger partial charge is 0.258 e. The van der Waals surface area contributed by atoms with Gasteiger partial charge < -0.3 is 10.3 Å². The number of fused-ring (bicyclic) bond motifs is 1. The minimum Gasteiger partial charge on any atom is -0.309 e. The number of H-pyrrole nitrogens is 1. The van der Waals surface area contributed by atoms with Crippen LogP contribution in [0, 0.1) is 0 Å². The normalized spacial score (nSPS) is 12.0. The van der Waals surface area contributed by atoms with E-state index in [9.17, 15) is 4.79 Å². The molecule has 0 atom stereocenters. The lowest BCUT2D eigenvalue weighted by molar-refractivity contribution is 0.490. The average Bonchev–Trinajstić information content (AvgIpc) is 2.52. The van der Waals surface area contributed by atoms with Gasteiger partial charge in [-0.1, -0.05) is 26.0 Å². The Labute approximate surface area is 129 Å². The Hall–Kier alpha value is -1.33. The molecule has 0 saturated carbocycles. The van der Waals surface area contributed by atoms with E-state index in [1.54, 1.807) is 6.07 Å². The molecule has 5 heteroatoms. The predicted octanol–water partition coefficient (Wildman–Crippen LogP) is 2.93. The van der Waals surface area contributed by atoms with E-state index in [1.165, 1.54) is 0 Å². The number of nitrogens with zero attached hydrogens (tertiary/aromatic N) is 1. The highest BCUT2D eigenvalue weighted by molar-refractivity contribution is 8.00. The number of hydrogen-bond donors (Lipinski definition) is 2. The number of benzene rings is 1. The van der Waals surface area contributed by atoms with Gasteiger partial charge in [0.1, 0.15) is 5.82 Å². The van der Waals surface area contributed by atoms with Gasteiger partial charge in [-0.05, 0) is 31.2 Å². The molecule has 21 heavy (non-hydrogen) atoms. The molecule has 2 N–H and O–H groups in total. The number of aromatic amines is 1. The summed E-state index contributed by atoms with van der Waals surface area (Å²) in [5, 5.41) is 4.07. The summed E-state index contributed by atoms with van der Waals surface area (Å²) < 4.78 is 0.261. The van der Waals surface area contributed by atoms with E-state index in [2.05, 4.69) is 35.4 Å². The number of thioether (sulfide) groups is 1. The van der Waals surface area contributed by atoms with E-state index in [-0.39, 0.29) is 10.3 Å². The SMILES string of the molecule is CCC(CC)(CNCc1nc2ccccc2c(=O)[nH]1)SC. The van der Waals surface area contributed by atoms with Crippen molar-refractivity contribution >= 4 is 22.7 Å². The van der Waals surface area contributed by atoms with Crippen molar-refractivity contribution in [3.05, 3.63) is 40.4 Å². The molecule has 0 radical (unpaired) electrons. The topological polar surface area (TPSA) is 57.8 Å². The number of aromatic nitrogens is 2. The van der Waals surface area contributed by atoms with Crippen LogP contribution in [0.2, 0.25) is 0 Å². The summed E-state index contributed by atoms with van der Waals surface area (Å²) in [6, 6.07) is 7.43. The van der Waals surface area contributed by atoms with Crippen LogP contribution in [0.15, 0.2) is 29.1 Å². The quantitative estimate of drug-likeness (QED) is 0.826. The van der Waals surface area contributed by atoms with Gasteiger partial charge >= 0.3 is 0 Å². The van der Waals surface area contributed by atoms with Crippen LogP contribution < -0.4 is 10.9 Å². The Morgan fingerprint density at radius 3 is 2.67 bits per heavy atom. The lowest BCUT2D eigenvalue weighted by Gasteiger charge is -2.29. The van der Waals surface area contributed by atoms with E-state index in [0.717, 1.165) is 24.9 Å². The van der Waals surface area contributed by atoms with Crippen LogP contribution in [0.4, 0.5) is 0 Å². The third kappa shape index (κ3) is 3.66. The molecule has 4 nitrogen and oxygen atoms in total. The molecule has 0 spiro atoms. The Morgan fingerprint density at radius 1 is 1.29 bits per heavy atom. The molecular weight excluding hydrogens is 282 g/mol. The van der Waals surface area contributed by atoms with Gasteiger partial charge in [0, 0.05) is 11.3 Å². The molecule has 0 aliphatic heterocycles. The van der Waals surface area contributed by atoms with Crippen molar-refractivity contribution in [2.24, 2.45) is 0 Å². The van der Waals surface area contributed by atoms with Crippen molar-refractivity contribution < 1.29 is 0 Å². The summed E-state index contributed by atoms with van der Waals surface area (Å²) in [7, 11) is 0. The zero-order chi connectivity index (χ0) is 15.3. The monoisotopic (exact) mass is 305 g/mol. The maximum Gasteiger partial charge on any atom is 0.258 e. The first-order valence-electron chi connectivity index (χ1n) is 7.38. The van der Waals surface area contributed by atoms with Crippen molar-refractivity contribution in [3.8, 4) is 0 Å². The number of nitrogens with one attached hydrogen (secondary N) is 2. The van der Waals surface area contributed by atoms with Crippen LogP contribution in [0.5, 0.6) is 0 Å². The van der Waals surface area contributed by atoms with Gasteiger partial charge in [0.05, 0.1) is 17.4 Å². The number of hydrogen-bond acceptors (Lipinski definition) is 4. The lowest BCUT2D eigenvalue weighted by Crippen LogP contribution is -2.36. The molecular formula is C16H23N3OS. The average molecular weight is 305 g/mol. The van der Waals surface area contributed by atoms with E-state index in [0.29, 0.717) is 17.8 Å². The Kier molecular flexibility index (Phi) is 5.42. The lowest BCUT2D eigenvalue weighted by atomic mass is 10.0.